The fourth-order valence-corrected chi connectivity index (χ4v) is 4.63. The molecule has 2 aliphatic heterocycles. The van der Waals surface area contributed by atoms with E-state index < -0.39 is 6.09 Å². The number of carbonyl (C=O) groups excluding carboxylic acids is 2. The van der Waals surface area contributed by atoms with Crippen LogP contribution in [-0.2, 0) is 11.2 Å². The summed E-state index contributed by atoms with van der Waals surface area (Å²) < 4.78 is 11.0. The van der Waals surface area contributed by atoms with Gasteiger partial charge in [0, 0.05) is 48.7 Å². The van der Waals surface area contributed by atoms with Gasteiger partial charge in [0.15, 0.2) is 5.78 Å². The Morgan fingerprint density at radius 2 is 1.91 bits per heavy atom. The van der Waals surface area contributed by atoms with Crippen LogP contribution in [0.15, 0.2) is 60.9 Å². The second-order valence-corrected chi connectivity index (χ2v) is 8.88. The van der Waals surface area contributed by atoms with Gasteiger partial charge in [-0.25, -0.2) is 4.79 Å². The summed E-state index contributed by atoms with van der Waals surface area (Å²) in [6.45, 7) is 2.73. The molecule has 0 unspecified atom stereocenters. The monoisotopic (exact) mass is 472 g/mol. The van der Waals surface area contributed by atoms with Gasteiger partial charge in [-0.15, -0.1) is 0 Å². The van der Waals surface area contributed by atoms with E-state index in [1.54, 1.807) is 36.7 Å². The van der Waals surface area contributed by atoms with E-state index in [0.717, 1.165) is 49.4 Å². The van der Waals surface area contributed by atoms with Crippen LogP contribution in [0, 0.1) is 5.92 Å². The summed E-state index contributed by atoms with van der Waals surface area (Å²) in [6, 6.07) is 14.4. The molecule has 0 aliphatic carbocycles. The minimum Gasteiger partial charge on any atom is -0.493 e. The Balaban J connectivity index is 1.20. The van der Waals surface area contributed by atoms with Gasteiger partial charge in [0.2, 0.25) is 0 Å². The number of carbonyl (C=O) groups is 2. The lowest BCUT2D eigenvalue weighted by atomic mass is 9.97. The Morgan fingerprint density at radius 1 is 1.11 bits per heavy atom. The van der Waals surface area contributed by atoms with Gasteiger partial charge >= 0.3 is 6.09 Å². The second-order valence-electron chi connectivity index (χ2n) is 8.88. The maximum absolute atomic E-state index is 13.3. The summed E-state index contributed by atoms with van der Waals surface area (Å²) in [4.78, 5) is 32.3. The number of nitrogen functional groups attached to an aromatic ring is 1. The fraction of sp³-hybridized carbons (Fsp3) is 0.296. The molecule has 0 bridgehead atoms. The van der Waals surface area contributed by atoms with Gasteiger partial charge in [0.05, 0.1) is 24.6 Å². The third kappa shape index (κ3) is 5.06. The van der Waals surface area contributed by atoms with E-state index >= 15 is 0 Å². The lowest BCUT2D eigenvalue weighted by Crippen LogP contribution is -2.35. The van der Waals surface area contributed by atoms with Crippen LogP contribution < -0.4 is 20.7 Å². The molecule has 0 radical (unpaired) electrons. The van der Waals surface area contributed by atoms with Gasteiger partial charge < -0.3 is 20.1 Å². The highest BCUT2D eigenvalue weighted by Gasteiger charge is 2.23. The molecule has 0 saturated carbocycles. The second kappa shape index (κ2) is 10.0. The number of fused-ring (bicyclic) bond motifs is 1. The van der Waals surface area contributed by atoms with Crippen LogP contribution in [0.4, 0.5) is 21.9 Å². The summed E-state index contributed by atoms with van der Waals surface area (Å²) in [5.41, 5.74) is 9.72. The number of pyridine rings is 1. The van der Waals surface area contributed by atoms with Gasteiger partial charge in [-0.2, -0.15) is 0 Å². The molecule has 5 rings (SSSR count). The first-order chi connectivity index (χ1) is 17.1. The predicted molar refractivity (Wildman–Crippen MR) is 134 cm³/mol. The number of amides is 1. The first-order valence-electron chi connectivity index (χ1n) is 11.9. The average molecular weight is 473 g/mol. The molecular weight excluding hydrogens is 444 g/mol. The van der Waals surface area contributed by atoms with Gasteiger partial charge in [0.25, 0.3) is 0 Å². The summed E-state index contributed by atoms with van der Waals surface area (Å²) >= 11 is 0. The lowest BCUT2D eigenvalue weighted by molar-refractivity contribution is 0.103. The Hall–Kier alpha value is -4.07. The van der Waals surface area contributed by atoms with Crippen molar-refractivity contribution < 1.29 is 19.1 Å². The van der Waals surface area contributed by atoms with E-state index in [2.05, 4.69) is 15.2 Å². The van der Waals surface area contributed by atoms with E-state index in [9.17, 15) is 9.59 Å². The predicted octanol–water partition coefficient (Wildman–Crippen LogP) is 4.29. The first-order valence-corrected chi connectivity index (χ1v) is 11.9. The highest BCUT2D eigenvalue weighted by Crippen LogP contribution is 2.30. The van der Waals surface area contributed by atoms with Crippen LogP contribution in [0.3, 0.4) is 0 Å². The zero-order chi connectivity index (χ0) is 24.2. The SMILES string of the molecule is Nc1cccc(C(=O)c2ccc3c(c2)CCO3)c1NC(=O)OCC1CCN(c2ccncc2)CC1. The number of hydrogen-bond donors (Lipinski definition) is 2. The van der Waals surface area contributed by atoms with Crippen molar-refractivity contribution in [3.8, 4) is 5.75 Å². The third-order valence-electron chi connectivity index (χ3n) is 6.61. The number of aromatic nitrogens is 1. The molecule has 2 aromatic carbocycles. The van der Waals surface area contributed by atoms with Gasteiger partial charge in [0.1, 0.15) is 5.75 Å². The molecular formula is C27H28N4O4. The van der Waals surface area contributed by atoms with Crippen molar-refractivity contribution in [2.45, 2.75) is 19.3 Å². The van der Waals surface area contributed by atoms with Crippen molar-refractivity contribution in [1.29, 1.82) is 0 Å². The molecule has 3 aromatic rings. The molecule has 1 amide bonds. The number of nitrogens with zero attached hydrogens (tertiary/aromatic N) is 2. The normalized spacial score (nSPS) is 15.3. The summed E-state index contributed by atoms with van der Waals surface area (Å²) in [6.07, 6.45) is 5.59. The van der Waals surface area contributed by atoms with E-state index in [1.165, 1.54) is 0 Å². The summed E-state index contributed by atoms with van der Waals surface area (Å²) in [5.74, 6) is 0.870. The molecule has 3 N–H and O–H groups in total. The minimum atomic E-state index is -0.615. The van der Waals surface area contributed by atoms with E-state index in [1.807, 2.05) is 24.3 Å². The molecule has 8 heteroatoms. The van der Waals surface area contributed by atoms with Crippen molar-refractivity contribution in [1.82, 2.24) is 4.98 Å². The molecule has 1 saturated heterocycles. The Kier molecular flexibility index (Phi) is 6.52. The van der Waals surface area contributed by atoms with Gasteiger partial charge in [-0.1, -0.05) is 6.07 Å². The van der Waals surface area contributed by atoms with Gasteiger partial charge in [-0.05, 0) is 66.8 Å². The number of rotatable bonds is 6. The summed E-state index contributed by atoms with van der Waals surface area (Å²) in [7, 11) is 0. The lowest BCUT2D eigenvalue weighted by Gasteiger charge is -2.33. The van der Waals surface area contributed by atoms with Crippen LogP contribution in [0.2, 0.25) is 0 Å². The maximum atomic E-state index is 13.3. The van der Waals surface area contributed by atoms with Crippen LogP contribution in [-0.4, -0.2) is 43.2 Å². The highest BCUT2D eigenvalue weighted by molar-refractivity contribution is 6.15. The zero-order valence-electron chi connectivity index (χ0n) is 19.4. The molecule has 1 aromatic heterocycles. The van der Waals surface area contributed by atoms with Crippen molar-refractivity contribution in [3.05, 3.63) is 77.6 Å². The smallest absolute Gasteiger partial charge is 0.411 e. The number of ketones is 1. The number of para-hydroxylation sites is 1. The highest BCUT2D eigenvalue weighted by atomic mass is 16.5. The third-order valence-corrected chi connectivity index (χ3v) is 6.61. The van der Waals surface area contributed by atoms with Crippen LogP contribution in [0.25, 0.3) is 0 Å². The Labute approximate surface area is 204 Å². The molecule has 2 aliphatic rings. The van der Waals surface area contributed by atoms with E-state index in [-0.39, 0.29) is 17.4 Å². The van der Waals surface area contributed by atoms with Crippen LogP contribution >= 0.6 is 0 Å². The van der Waals surface area contributed by atoms with E-state index in [4.69, 9.17) is 15.2 Å². The number of benzene rings is 2. The molecule has 35 heavy (non-hydrogen) atoms. The molecule has 0 atom stereocenters. The standard InChI is InChI=1S/C27H28N4O4/c28-23-3-1-2-22(26(32)20-4-5-24-19(16-20)10-15-34-24)25(23)30-27(33)35-17-18-8-13-31(14-9-18)21-6-11-29-12-7-21/h1-7,11-12,16,18H,8-10,13-15,17,28H2,(H,30,33). The number of nitrogens with one attached hydrogen (secondary N) is 1. The molecule has 180 valence electrons. The van der Waals surface area contributed by atoms with Crippen molar-refractivity contribution in [2.75, 3.05) is 42.3 Å². The number of ether oxygens (including phenoxy) is 2. The quantitative estimate of drug-likeness (QED) is 0.407. The number of hydrogen-bond acceptors (Lipinski definition) is 7. The number of nitrogens with two attached hydrogens (primary N) is 1. The molecule has 8 nitrogen and oxygen atoms in total. The fourth-order valence-electron chi connectivity index (χ4n) is 4.63. The van der Waals surface area contributed by atoms with E-state index in [0.29, 0.717) is 30.0 Å². The Bertz CT molecular complexity index is 1220. The molecule has 0 spiro atoms. The Morgan fingerprint density at radius 3 is 2.71 bits per heavy atom. The number of piperidine rings is 1. The molecule has 3 heterocycles. The first kappa shape index (κ1) is 22.7. The average Bonchev–Trinajstić information content (AvgIpc) is 3.37. The molecule has 1 fully saturated rings. The summed E-state index contributed by atoms with van der Waals surface area (Å²) in [5, 5.41) is 2.71. The maximum Gasteiger partial charge on any atom is 0.411 e. The topological polar surface area (TPSA) is 107 Å². The van der Waals surface area contributed by atoms with Crippen LogP contribution in [0.1, 0.15) is 34.3 Å². The largest absolute Gasteiger partial charge is 0.493 e. The minimum absolute atomic E-state index is 0.217. The number of anilines is 3. The van der Waals surface area contributed by atoms with Crippen molar-refractivity contribution in [3.63, 3.8) is 0 Å². The van der Waals surface area contributed by atoms with Crippen LogP contribution in [0.5, 0.6) is 5.75 Å². The van der Waals surface area contributed by atoms with Gasteiger partial charge in [-0.3, -0.25) is 15.1 Å². The van der Waals surface area contributed by atoms with Crippen molar-refractivity contribution in [2.24, 2.45) is 5.92 Å². The van der Waals surface area contributed by atoms with Crippen molar-refractivity contribution >= 4 is 28.9 Å². The zero-order valence-corrected chi connectivity index (χ0v) is 19.4.